The number of H-pyrrole nitrogens is 1. The molecule has 13 heteroatoms. The Kier molecular flexibility index (Phi) is 8.04. The number of pyridine rings is 1. The fourth-order valence-electron chi connectivity index (χ4n) is 4.47. The lowest BCUT2D eigenvalue weighted by Gasteiger charge is -2.27. The molecule has 0 radical (unpaired) electrons. The number of benzene rings is 2. The van der Waals surface area contributed by atoms with Crippen LogP contribution >= 0.6 is 7.82 Å². The van der Waals surface area contributed by atoms with Crippen molar-refractivity contribution in [2.45, 2.75) is 26.4 Å². The molecule has 40 heavy (non-hydrogen) atoms. The predicted molar refractivity (Wildman–Crippen MR) is 148 cm³/mol. The van der Waals surface area contributed by atoms with Crippen LogP contribution in [0.4, 0.5) is 5.82 Å². The van der Waals surface area contributed by atoms with Crippen LogP contribution in [0.3, 0.4) is 0 Å². The highest BCUT2D eigenvalue weighted by atomic mass is 31.2. The van der Waals surface area contributed by atoms with Gasteiger partial charge in [-0.2, -0.15) is 5.10 Å². The second kappa shape index (κ2) is 11.6. The highest BCUT2D eigenvalue weighted by Crippen LogP contribution is 2.45. The Morgan fingerprint density at radius 3 is 2.48 bits per heavy atom. The SMILES string of the molecule is CC(C)c1cc(-c2n[nH]c(=O)n2-c2ccc(N3CCOCC3)nc2)c(OCc2ccccc2)cc1OP(=O)(O)O. The zero-order valence-corrected chi connectivity index (χ0v) is 23.0. The number of rotatable bonds is 9. The molecule has 0 spiro atoms. The molecule has 5 rings (SSSR count). The number of anilines is 1. The third-order valence-electron chi connectivity index (χ3n) is 6.43. The van der Waals surface area contributed by atoms with E-state index in [-0.39, 0.29) is 29.8 Å². The van der Waals surface area contributed by atoms with Gasteiger partial charge in [-0.25, -0.2) is 24.0 Å². The van der Waals surface area contributed by atoms with Gasteiger partial charge in [-0.1, -0.05) is 44.2 Å². The Morgan fingerprint density at radius 1 is 1.07 bits per heavy atom. The predicted octanol–water partition coefficient (Wildman–Crippen LogP) is 3.63. The third-order valence-corrected chi connectivity index (χ3v) is 6.86. The maximum Gasteiger partial charge on any atom is 0.524 e. The molecule has 1 saturated heterocycles. The molecular formula is C27H30N5O7P. The molecular weight excluding hydrogens is 537 g/mol. The monoisotopic (exact) mass is 567 g/mol. The van der Waals surface area contributed by atoms with Crippen LogP contribution in [0.15, 0.2) is 65.6 Å². The van der Waals surface area contributed by atoms with Gasteiger partial charge in [0.1, 0.15) is 23.9 Å². The number of nitrogens with zero attached hydrogens (tertiary/aromatic N) is 4. The van der Waals surface area contributed by atoms with Gasteiger partial charge in [0.2, 0.25) is 0 Å². The molecule has 0 amide bonds. The summed E-state index contributed by atoms with van der Waals surface area (Å²) in [6, 6.07) is 16.2. The van der Waals surface area contributed by atoms with E-state index in [0.29, 0.717) is 30.0 Å². The number of ether oxygens (including phenoxy) is 2. The lowest BCUT2D eigenvalue weighted by Crippen LogP contribution is -2.36. The van der Waals surface area contributed by atoms with Crippen molar-refractivity contribution in [1.29, 1.82) is 0 Å². The van der Waals surface area contributed by atoms with Crippen molar-refractivity contribution in [3.8, 4) is 28.6 Å². The second-order valence-corrected chi connectivity index (χ2v) is 10.7. The minimum atomic E-state index is -4.86. The molecule has 3 N–H and O–H groups in total. The van der Waals surface area contributed by atoms with Gasteiger partial charge < -0.3 is 18.9 Å². The van der Waals surface area contributed by atoms with E-state index in [1.54, 1.807) is 18.3 Å². The quantitative estimate of drug-likeness (QED) is 0.256. The second-order valence-electron chi connectivity index (χ2n) is 9.56. The van der Waals surface area contributed by atoms with Crippen LogP contribution in [-0.2, 0) is 15.9 Å². The smallest absolute Gasteiger partial charge is 0.488 e. The third kappa shape index (κ3) is 6.26. The normalized spacial score (nSPS) is 14.0. The maximum absolute atomic E-state index is 13.0. The van der Waals surface area contributed by atoms with Crippen LogP contribution in [0.2, 0.25) is 0 Å². The Morgan fingerprint density at radius 2 is 1.82 bits per heavy atom. The summed E-state index contributed by atoms with van der Waals surface area (Å²) in [6.07, 6.45) is 1.60. The number of aromatic amines is 1. The van der Waals surface area contributed by atoms with Gasteiger partial charge in [-0.15, -0.1) is 0 Å². The van der Waals surface area contributed by atoms with E-state index in [1.807, 2.05) is 50.2 Å². The van der Waals surface area contributed by atoms with Crippen LogP contribution in [0.1, 0.15) is 30.9 Å². The molecule has 0 saturated carbocycles. The molecule has 2 aromatic carbocycles. The van der Waals surface area contributed by atoms with Gasteiger partial charge >= 0.3 is 13.5 Å². The van der Waals surface area contributed by atoms with Gasteiger partial charge in [0.25, 0.3) is 0 Å². The van der Waals surface area contributed by atoms with E-state index in [0.717, 1.165) is 24.5 Å². The summed E-state index contributed by atoms with van der Waals surface area (Å²) in [6.45, 7) is 6.60. The number of phosphoric ester groups is 1. The standard InChI is InChI=1S/C27H30N5O7P/c1-18(2)21-14-22(23(15-24(21)39-40(34,35)36)38-17-19-6-4-3-5-7-19)26-29-30-27(33)32(26)20-8-9-25(28-16-20)31-10-12-37-13-11-31/h3-9,14-16,18H,10-13,17H2,1-2H3,(H,30,33)(H2,34,35,36). The van der Waals surface area contributed by atoms with E-state index in [2.05, 4.69) is 20.1 Å². The molecule has 12 nitrogen and oxygen atoms in total. The summed E-state index contributed by atoms with van der Waals surface area (Å²) >= 11 is 0. The van der Waals surface area contributed by atoms with Crippen LogP contribution in [0.5, 0.6) is 11.5 Å². The van der Waals surface area contributed by atoms with E-state index in [9.17, 15) is 19.1 Å². The number of hydrogen-bond acceptors (Lipinski definition) is 8. The molecule has 2 aromatic heterocycles. The fourth-order valence-corrected chi connectivity index (χ4v) is 4.89. The zero-order valence-electron chi connectivity index (χ0n) is 22.1. The van der Waals surface area contributed by atoms with Crippen molar-refractivity contribution in [3.05, 3.63) is 82.4 Å². The largest absolute Gasteiger partial charge is 0.524 e. The van der Waals surface area contributed by atoms with Crippen molar-refractivity contribution in [2.24, 2.45) is 0 Å². The van der Waals surface area contributed by atoms with E-state index < -0.39 is 13.5 Å². The minimum Gasteiger partial charge on any atom is -0.488 e. The first-order valence-electron chi connectivity index (χ1n) is 12.8. The summed E-state index contributed by atoms with van der Waals surface area (Å²) in [5.41, 5.74) is 1.83. The highest BCUT2D eigenvalue weighted by molar-refractivity contribution is 7.46. The Hall–Kier alpha value is -3.96. The van der Waals surface area contributed by atoms with Crippen molar-refractivity contribution in [1.82, 2.24) is 19.7 Å². The maximum atomic E-state index is 13.0. The molecule has 1 aliphatic heterocycles. The average molecular weight is 568 g/mol. The van der Waals surface area contributed by atoms with Crippen molar-refractivity contribution < 1.29 is 28.3 Å². The molecule has 0 atom stereocenters. The van der Waals surface area contributed by atoms with Crippen molar-refractivity contribution >= 4 is 13.6 Å². The molecule has 0 aliphatic carbocycles. The number of morpholine rings is 1. The Bertz CT molecular complexity index is 1560. The average Bonchev–Trinajstić information content (AvgIpc) is 3.33. The first-order chi connectivity index (χ1) is 19.2. The van der Waals surface area contributed by atoms with Crippen LogP contribution < -0.4 is 19.9 Å². The summed E-state index contributed by atoms with van der Waals surface area (Å²) in [5.74, 6) is 1.06. The highest BCUT2D eigenvalue weighted by Gasteiger charge is 2.25. The lowest BCUT2D eigenvalue weighted by molar-refractivity contribution is 0.122. The summed E-state index contributed by atoms with van der Waals surface area (Å²) < 4.78 is 29.7. The summed E-state index contributed by atoms with van der Waals surface area (Å²) in [4.78, 5) is 38.7. The molecule has 1 aliphatic rings. The van der Waals surface area contributed by atoms with E-state index >= 15 is 0 Å². The molecule has 4 aromatic rings. The van der Waals surface area contributed by atoms with Crippen molar-refractivity contribution in [2.75, 3.05) is 31.2 Å². The van der Waals surface area contributed by atoms with Gasteiger partial charge in [-0.05, 0) is 35.2 Å². The first-order valence-corrected chi connectivity index (χ1v) is 14.3. The molecule has 0 bridgehead atoms. The van der Waals surface area contributed by atoms with Gasteiger partial charge in [0.05, 0.1) is 30.7 Å². The summed E-state index contributed by atoms with van der Waals surface area (Å²) in [7, 11) is -4.86. The minimum absolute atomic E-state index is 0.0175. The molecule has 210 valence electrons. The van der Waals surface area contributed by atoms with Crippen LogP contribution in [0.25, 0.3) is 17.1 Å². The number of phosphoric acid groups is 1. The Balaban J connectivity index is 1.59. The number of hydrogen-bond donors (Lipinski definition) is 3. The van der Waals surface area contributed by atoms with Gasteiger partial charge in [0, 0.05) is 19.2 Å². The summed E-state index contributed by atoms with van der Waals surface area (Å²) in [5, 5.41) is 6.80. The van der Waals surface area contributed by atoms with Crippen molar-refractivity contribution in [3.63, 3.8) is 0 Å². The van der Waals surface area contributed by atoms with E-state index in [1.165, 1.54) is 10.6 Å². The Labute approximate surface area is 230 Å². The molecule has 0 unspecified atom stereocenters. The topological polar surface area (TPSA) is 152 Å². The van der Waals surface area contributed by atoms with E-state index in [4.69, 9.17) is 14.0 Å². The van der Waals surface area contributed by atoms with Gasteiger partial charge in [-0.3, -0.25) is 9.79 Å². The molecule has 1 fully saturated rings. The molecule has 3 heterocycles. The van der Waals surface area contributed by atoms with Crippen LogP contribution in [-0.4, -0.2) is 55.8 Å². The zero-order chi connectivity index (χ0) is 28.3. The van der Waals surface area contributed by atoms with Crippen LogP contribution in [0, 0.1) is 0 Å². The fraction of sp³-hybridized carbons (Fsp3) is 0.296. The first kappa shape index (κ1) is 27.6. The number of aromatic nitrogens is 4. The lowest BCUT2D eigenvalue weighted by atomic mass is 9.98. The number of nitrogens with one attached hydrogen (secondary N) is 1. The van der Waals surface area contributed by atoms with Gasteiger partial charge in [0.15, 0.2) is 5.82 Å².